The number of aryl methyl sites for hydroxylation is 1. The molecule has 4 rings (SSSR count). The number of carbonyl (C=O) groups is 3. The Morgan fingerprint density at radius 2 is 1.77 bits per heavy atom. The summed E-state index contributed by atoms with van der Waals surface area (Å²) < 4.78 is 0. The zero-order valence-electron chi connectivity index (χ0n) is 27.2. The van der Waals surface area contributed by atoms with Gasteiger partial charge in [-0.2, -0.15) is 0 Å². The highest BCUT2D eigenvalue weighted by molar-refractivity contribution is 5.90. The lowest BCUT2D eigenvalue weighted by Gasteiger charge is -2.38. The number of nitrogens with one attached hydrogen (secondary N) is 4. The minimum atomic E-state index is -1.27. The number of imidazole rings is 1. The average molecular weight is 648 g/mol. The van der Waals surface area contributed by atoms with Crippen LogP contribution < -0.4 is 16.1 Å². The molecular weight excluding hydrogens is 598 g/mol. The third kappa shape index (κ3) is 11.5. The quantitative estimate of drug-likeness (QED) is 0.113. The summed E-state index contributed by atoms with van der Waals surface area (Å²) in [5.74, 6) is -1.47. The van der Waals surface area contributed by atoms with E-state index in [0.717, 1.165) is 36.9 Å². The predicted molar refractivity (Wildman–Crippen MR) is 178 cm³/mol. The Labute approximate surface area is 276 Å². The van der Waals surface area contributed by atoms with E-state index in [0.29, 0.717) is 43.8 Å². The van der Waals surface area contributed by atoms with Crippen LogP contribution in [0.2, 0.25) is 0 Å². The first-order valence-electron chi connectivity index (χ1n) is 16.8. The van der Waals surface area contributed by atoms with Gasteiger partial charge in [-0.25, -0.2) is 25.0 Å². The van der Waals surface area contributed by atoms with Crippen LogP contribution >= 0.6 is 0 Å². The number of aromatic nitrogens is 3. The van der Waals surface area contributed by atoms with Crippen LogP contribution in [0.5, 0.6) is 0 Å². The lowest BCUT2D eigenvalue weighted by Crippen LogP contribution is -2.64. The van der Waals surface area contributed by atoms with Gasteiger partial charge < -0.3 is 25.8 Å². The number of rotatable bonds is 18. The summed E-state index contributed by atoms with van der Waals surface area (Å²) in [6.07, 6.45) is 12.1. The van der Waals surface area contributed by atoms with Gasteiger partial charge in [0.25, 0.3) is 0 Å². The molecule has 254 valence electrons. The summed E-state index contributed by atoms with van der Waals surface area (Å²) in [6.45, 7) is 2.10. The molecule has 0 spiro atoms. The Morgan fingerprint density at radius 1 is 1.00 bits per heavy atom. The monoisotopic (exact) mass is 647 g/mol. The van der Waals surface area contributed by atoms with Crippen LogP contribution in [0.1, 0.15) is 75.2 Å². The second-order valence-electron chi connectivity index (χ2n) is 12.3. The molecule has 3 aromatic rings. The molecule has 1 aliphatic rings. The van der Waals surface area contributed by atoms with E-state index in [1.807, 2.05) is 48.5 Å². The van der Waals surface area contributed by atoms with Crippen molar-refractivity contribution in [3.05, 3.63) is 84.2 Å². The van der Waals surface area contributed by atoms with E-state index in [4.69, 9.17) is 0 Å². The topological polar surface area (TPSA) is 173 Å². The number of H-pyrrole nitrogens is 1. The van der Waals surface area contributed by atoms with Crippen LogP contribution in [0.3, 0.4) is 0 Å². The van der Waals surface area contributed by atoms with Gasteiger partial charge in [-0.15, -0.1) is 0 Å². The van der Waals surface area contributed by atoms with Gasteiger partial charge in [0.15, 0.2) is 0 Å². The predicted octanol–water partition coefficient (Wildman–Crippen LogP) is 3.79. The Hall–Kier alpha value is -4.29. The van der Waals surface area contributed by atoms with E-state index in [2.05, 4.69) is 31.0 Å². The highest BCUT2D eigenvalue weighted by atomic mass is 16.4. The molecular formula is C35H49N7O5. The van der Waals surface area contributed by atoms with Crippen molar-refractivity contribution in [3.63, 3.8) is 0 Å². The SMILES string of the molecule is CCNC(=O)N(N[C@@H](CC1CCCCC1)[C@H](O)CCCc1ccccn1)[C@@H](Cc1ccccc1)C(=O)N[C@@H](Cc1c[nH]cn1)C(=O)O. The number of hydrogen-bond donors (Lipinski definition) is 6. The van der Waals surface area contributed by atoms with Gasteiger partial charge in [0.2, 0.25) is 5.91 Å². The largest absolute Gasteiger partial charge is 0.480 e. The average Bonchev–Trinajstić information content (AvgIpc) is 3.60. The van der Waals surface area contributed by atoms with Crippen molar-refractivity contribution in [2.75, 3.05) is 6.54 Å². The number of aliphatic carboxylic acids is 1. The van der Waals surface area contributed by atoms with Crippen LogP contribution in [0.15, 0.2) is 67.3 Å². The number of hydrazine groups is 1. The molecule has 4 atom stereocenters. The van der Waals surface area contributed by atoms with Crippen molar-refractivity contribution in [2.45, 2.75) is 102 Å². The van der Waals surface area contributed by atoms with Crippen molar-refractivity contribution >= 4 is 17.9 Å². The molecule has 0 aliphatic heterocycles. The minimum absolute atomic E-state index is 0.0312. The molecule has 1 aliphatic carbocycles. The summed E-state index contributed by atoms with van der Waals surface area (Å²) in [5.41, 5.74) is 5.54. The van der Waals surface area contributed by atoms with Crippen molar-refractivity contribution in [1.29, 1.82) is 0 Å². The zero-order valence-corrected chi connectivity index (χ0v) is 27.2. The normalized spacial score (nSPS) is 16.0. The van der Waals surface area contributed by atoms with Crippen LogP contribution in [-0.4, -0.2) is 78.9 Å². The Morgan fingerprint density at radius 3 is 2.43 bits per heavy atom. The van der Waals surface area contributed by atoms with Crippen LogP contribution in [0, 0.1) is 5.92 Å². The van der Waals surface area contributed by atoms with E-state index < -0.39 is 42.1 Å². The van der Waals surface area contributed by atoms with Crippen LogP contribution in [-0.2, 0) is 28.9 Å². The molecule has 1 fully saturated rings. The lowest BCUT2D eigenvalue weighted by atomic mass is 9.83. The van der Waals surface area contributed by atoms with Gasteiger partial charge in [-0.1, -0.05) is 68.5 Å². The fourth-order valence-corrected chi connectivity index (χ4v) is 6.24. The number of urea groups is 1. The first-order valence-corrected chi connectivity index (χ1v) is 16.8. The number of hydrogen-bond acceptors (Lipinski definition) is 7. The Kier molecular flexibility index (Phi) is 14.2. The van der Waals surface area contributed by atoms with E-state index in [1.54, 1.807) is 19.3 Å². The molecule has 2 aromatic heterocycles. The summed E-state index contributed by atoms with van der Waals surface area (Å²) in [4.78, 5) is 51.4. The lowest BCUT2D eigenvalue weighted by molar-refractivity contribution is -0.142. The maximum absolute atomic E-state index is 14.1. The summed E-state index contributed by atoms with van der Waals surface area (Å²) in [6, 6.07) is 11.6. The molecule has 1 aromatic carbocycles. The zero-order chi connectivity index (χ0) is 33.4. The van der Waals surface area contributed by atoms with Gasteiger partial charge in [0.1, 0.15) is 12.1 Å². The van der Waals surface area contributed by atoms with Crippen molar-refractivity contribution in [2.24, 2.45) is 5.92 Å². The summed E-state index contributed by atoms with van der Waals surface area (Å²) >= 11 is 0. The van der Waals surface area contributed by atoms with Crippen molar-refractivity contribution in [3.8, 4) is 0 Å². The number of aliphatic hydroxyl groups excluding tert-OH is 1. The van der Waals surface area contributed by atoms with Crippen LogP contribution in [0.4, 0.5) is 4.79 Å². The minimum Gasteiger partial charge on any atom is -0.480 e. The molecule has 0 bridgehead atoms. The Bertz CT molecular complexity index is 1350. The number of amides is 3. The number of carboxylic acids is 1. The van der Waals surface area contributed by atoms with Gasteiger partial charge in [-0.3, -0.25) is 9.78 Å². The number of aliphatic hydroxyl groups is 1. The van der Waals surface area contributed by atoms with E-state index >= 15 is 0 Å². The molecule has 3 amide bonds. The van der Waals surface area contributed by atoms with Crippen molar-refractivity contribution in [1.82, 2.24) is 36.0 Å². The van der Waals surface area contributed by atoms with Crippen molar-refractivity contribution < 1.29 is 24.6 Å². The molecule has 0 unspecified atom stereocenters. The number of carbonyl (C=O) groups excluding carboxylic acids is 2. The highest BCUT2D eigenvalue weighted by Crippen LogP contribution is 2.29. The molecule has 12 heteroatoms. The van der Waals surface area contributed by atoms with Crippen LogP contribution in [0.25, 0.3) is 0 Å². The molecule has 12 nitrogen and oxygen atoms in total. The molecule has 0 radical (unpaired) electrons. The molecule has 1 saturated carbocycles. The van der Waals surface area contributed by atoms with E-state index in [1.165, 1.54) is 17.8 Å². The number of nitrogens with zero attached hydrogens (tertiary/aromatic N) is 3. The first kappa shape index (κ1) is 35.6. The molecule has 47 heavy (non-hydrogen) atoms. The smallest absolute Gasteiger partial charge is 0.332 e. The molecule has 0 saturated heterocycles. The molecule has 6 N–H and O–H groups in total. The van der Waals surface area contributed by atoms with E-state index in [9.17, 15) is 24.6 Å². The standard InChI is InChI=1S/C35H49N7O5/c1-2-37-35(47)42(41-29(20-25-12-5-3-6-13-25)32(43)18-11-17-27-16-9-10-19-38-27)31(21-26-14-7-4-8-15-26)33(44)40-30(34(45)46)22-28-23-36-24-39-28/h4,7-10,14-16,19,23-25,29-32,41,43H,2-3,5-6,11-13,17-18,20-22H2,1H3,(H,36,39)(H,37,47)(H,40,44)(H,45,46)/t29-,30-,31-,32+/m0/s1. The highest BCUT2D eigenvalue weighted by Gasteiger charge is 2.36. The second-order valence-corrected chi connectivity index (χ2v) is 12.3. The third-order valence-corrected chi connectivity index (χ3v) is 8.76. The third-order valence-electron chi connectivity index (χ3n) is 8.76. The maximum atomic E-state index is 14.1. The van der Waals surface area contributed by atoms with Gasteiger partial charge in [0.05, 0.1) is 24.2 Å². The number of aromatic amines is 1. The maximum Gasteiger partial charge on any atom is 0.332 e. The fourth-order valence-electron chi connectivity index (χ4n) is 6.24. The second kappa shape index (κ2) is 18.8. The number of carboxylic acid groups (broad SMARTS) is 1. The first-order chi connectivity index (χ1) is 22.8. The number of benzene rings is 1. The van der Waals surface area contributed by atoms with E-state index in [-0.39, 0.29) is 12.8 Å². The Balaban J connectivity index is 1.60. The molecule has 2 heterocycles. The van der Waals surface area contributed by atoms with Gasteiger partial charge >= 0.3 is 12.0 Å². The van der Waals surface area contributed by atoms with Gasteiger partial charge in [0, 0.05) is 37.5 Å². The summed E-state index contributed by atoms with van der Waals surface area (Å²) in [7, 11) is 0. The van der Waals surface area contributed by atoms with Gasteiger partial charge in [-0.05, 0) is 56.2 Å². The number of pyridine rings is 1. The fraction of sp³-hybridized carbons (Fsp3) is 0.514. The summed E-state index contributed by atoms with van der Waals surface area (Å²) in [5, 5.41) is 28.4.